The lowest BCUT2D eigenvalue weighted by atomic mass is 9.92. The standard InChI is InChI=1S/C25H25N5O/c1-3-19-21(17-11-28-30(2)12-17)22(19)23(31)29-20-9-16-8-18(5-4-15(16)10-27-20)25(14-26)13-24(25)6-7-24/h4-5,8-12,19,21-22H,3,6-7,13H2,1-2H3,(H,27,29,31). The van der Waals surface area contributed by atoms with Crippen LogP contribution in [0.1, 0.15) is 49.7 Å². The van der Waals surface area contributed by atoms with E-state index in [1.54, 1.807) is 10.9 Å². The lowest BCUT2D eigenvalue weighted by molar-refractivity contribution is -0.117. The minimum Gasteiger partial charge on any atom is -0.310 e. The van der Waals surface area contributed by atoms with Crippen molar-refractivity contribution in [2.75, 3.05) is 5.32 Å². The van der Waals surface area contributed by atoms with E-state index in [1.165, 1.54) is 0 Å². The van der Waals surface area contributed by atoms with Gasteiger partial charge >= 0.3 is 0 Å². The van der Waals surface area contributed by atoms with E-state index >= 15 is 0 Å². The van der Waals surface area contributed by atoms with Crippen molar-refractivity contribution >= 4 is 22.5 Å². The molecule has 3 aromatic rings. The first-order valence-corrected chi connectivity index (χ1v) is 11.1. The molecule has 0 radical (unpaired) electrons. The molecule has 6 nitrogen and oxygen atoms in total. The minimum atomic E-state index is -0.312. The summed E-state index contributed by atoms with van der Waals surface area (Å²) >= 11 is 0. The Morgan fingerprint density at radius 2 is 2.13 bits per heavy atom. The number of hydrogen-bond acceptors (Lipinski definition) is 4. The number of aromatic nitrogens is 3. The van der Waals surface area contributed by atoms with Gasteiger partial charge in [0.05, 0.1) is 17.7 Å². The van der Waals surface area contributed by atoms with Crippen LogP contribution in [0.4, 0.5) is 5.82 Å². The Kier molecular flexibility index (Phi) is 3.69. The highest BCUT2D eigenvalue weighted by molar-refractivity contribution is 5.96. The van der Waals surface area contributed by atoms with Crippen molar-refractivity contribution in [2.45, 2.75) is 43.9 Å². The van der Waals surface area contributed by atoms with Gasteiger partial charge in [-0.05, 0) is 59.2 Å². The van der Waals surface area contributed by atoms with E-state index in [1.807, 2.05) is 31.6 Å². The first kappa shape index (κ1) is 18.6. The zero-order valence-corrected chi connectivity index (χ0v) is 17.8. The van der Waals surface area contributed by atoms with Crippen molar-refractivity contribution in [3.8, 4) is 6.07 Å². The number of benzene rings is 1. The summed E-state index contributed by atoms with van der Waals surface area (Å²) in [5, 5.41) is 19.2. The lowest BCUT2D eigenvalue weighted by Crippen LogP contribution is -2.16. The van der Waals surface area contributed by atoms with Gasteiger partial charge in [0.15, 0.2) is 0 Å². The number of amides is 1. The number of carbonyl (C=O) groups excluding carboxylic acids is 1. The van der Waals surface area contributed by atoms with Gasteiger partial charge < -0.3 is 5.32 Å². The molecule has 6 heteroatoms. The maximum absolute atomic E-state index is 13.0. The molecule has 6 rings (SSSR count). The summed E-state index contributed by atoms with van der Waals surface area (Å²) in [6, 6.07) is 10.8. The van der Waals surface area contributed by atoms with Gasteiger partial charge in [-0.1, -0.05) is 25.5 Å². The number of anilines is 1. The Morgan fingerprint density at radius 3 is 2.77 bits per heavy atom. The van der Waals surface area contributed by atoms with E-state index in [-0.39, 0.29) is 28.6 Å². The molecule has 2 aromatic heterocycles. The molecule has 3 aliphatic carbocycles. The second kappa shape index (κ2) is 6.16. The second-order valence-corrected chi connectivity index (χ2v) is 9.67. The molecule has 1 N–H and O–H groups in total. The Morgan fingerprint density at radius 1 is 1.29 bits per heavy atom. The molecule has 0 bridgehead atoms. The fourth-order valence-electron chi connectivity index (χ4n) is 5.84. The number of nitrogens with one attached hydrogen (secondary N) is 1. The van der Waals surface area contributed by atoms with Crippen LogP contribution >= 0.6 is 0 Å². The van der Waals surface area contributed by atoms with Crippen molar-refractivity contribution in [1.29, 1.82) is 5.26 Å². The highest BCUT2D eigenvalue weighted by Crippen LogP contribution is 2.78. The summed E-state index contributed by atoms with van der Waals surface area (Å²) in [7, 11) is 1.90. The molecule has 3 aliphatic rings. The van der Waals surface area contributed by atoms with Gasteiger partial charge in [0, 0.05) is 36.7 Å². The quantitative estimate of drug-likeness (QED) is 0.679. The Hall–Kier alpha value is -3.20. The molecule has 0 saturated heterocycles. The highest BCUT2D eigenvalue weighted by atomic mass is 16.2. The number of fused-ring (bicyclic) bond motifs is 1. The number of nitrogens with zero attached hydrogens (tertiary/aromatic N) is 4. The number of nitriles is 1. The van der Waals surface area contributed by atoms with Gasteiger partial charge in [0.2, 0.25) is 5.91 Å². The van der Waals surface area contributed by atoms with Crippen molar-refractivity contribution in [1.82, 2.24) is 14.8 Å². The topological polar surface area (TPSA) is 83.6 Å². The first-order chi connectivity index (χ1) is 15.0. The van der Waals surface area contributed by atoms with Crippen LogP contribution in [0.15, 0.2) is 42.9 Å². The van der Waals surface area contributed by atoms with E-state index in [0.29, 0.717) is 11.7 Å². The molecule has 4 unspecified atom stereocenters. The fraction of sp³-hybridized carbons (Fsp3) is 0.440. The number of hydrogen-bond donors (Lipinski definition) is 1. The molecule has 1 spiro atoms. The molecule has 3 saturated carbocycles. The summed E-state index contributed by atoms with van der Waals surface area (Å²) in [6.07, 6.45) is 9.94. The largest absolute Gasteiger partial charge is 0.310 e. The zero-order valence-electron chi connectivity index (χ0n) is 17.8. The Bertz CT molecular complexity index is 1270. The molecule has 1 amide bonds. The van der Waals surface area contributed by atoms with Crippen LogP contribution in [0.25, 0.3) is 10.8 Å². The first-order valence-electron chi connectivity index (χ1n) is 11.1. The maximum Gasteiger partial charge on any atom is 0.229 e. The molecular formula is C25H25N5O. The van der Waals surface area contributed by atoms with Gasteiger partial charge in [0.1, 0.15) is 5.82 Å². The van der Waals surface area contributed by atoms with Crippen LogP contribution in [0.3, 0.4) is 0 Å². The van der Waals surface area contributed by atoms with Gasteiger partial charge in [-0.2, -0.15) is 10.4 Å². The fourth-order valence-corrected chi connectivity index (χ4v) is 5.84. The number of carbonyl (C=O) groups is 1. The van der Waals surface area contributed by atoms with Gasteiger partial charge in [-0.3, -0.25) is 9.48 Å². The van der Waals surface area contributed by atoms with Crippen LogP contribution in [-0.4, -0.2) is 20.7 Å². The number of pyridine rings is 1. The van der Waals surface area contributed by atoms with E-state index < -0.39 is 0 Å². The van der Waals surface area contributed by atoms with Gasteiger partial charge in [-0.15, -0.1) is 0 Å². The van der Waals surface area contributed by atoms with Gasteiger partial charge in [-0.25, -0.2) is 4.98 Å². The molecule has 2 heterocycles. The number of aryl methyl sites for hydroxylation is 1. The van der Waals surface area contributed by atoms with Crippen molar-refractivity contribution in [3.05, 3.63) is 54.0 Å². The molecule has 31 heavy (non-hydrogen) atoms. The van der Waals surface area contributed by atoms with Crippen molar-refractivity contribution in [2.24, 2.45) is 24.3 Å². The molecule has 3 fully saturated rings. The third-order valence-corrected chi connectivity index (χ3v) is 7.95. The predicted molar refractivity (Wildman–Crippen MR) is 117 cm³/mol. The van der Waals surface area contributed by atoms with E-state index in [2.05, 4.69) is 40.5 Å². The summed E-state index contributed by atoms with van der Waals surface area (Å²) in [5.41, 5.74) is 2.16. The van der Waals surface area contributed by atoms with Crippen LogP contribution in [-0.2, 0) is 17.3 Å². The molecule has 4 atom stereocenters. The third kappa shape index (κ3) is 2.65. The highest BCUT2D eigenvalue weighted by Gasteiger charge is 2.75. The van der Waals surface area contributed by atoms with Crippen LogP contribution < -0.4 is 5.32 Å². The third-order valence-electron chi connectivity index (χ3n) is 7.95. The second-order valence-electron chi connectivity index (χ2n) is 9.67. The Labute approximate surface area is 181 Å². The monoisotopic (exact) mass is 411 g/mol. The van der Waals surface area contributed by atoms with E-state index in [4.69, 9.17) is 0 Å². The molecular weight excluding hydrogens is 386 g/mol. The van der Waals surface area contributed by atoms with Crippen molar-refractivity contribution in [3.63, 3.8) is 0 Å². The molecule has 0 aliphatic heterocycles. The van der Waals surface area contributed by atoms with Crippen molar-refractivity contribution < 1.29 is 4.79 Å². The lowest BCUT2D eigenvalue weighted by Gasteiger charge is -2.11. The normalized spacial score (nSPS) is 29.5. The summed E-state index contributed by atoms with van der Waals surface area (Å²) in [6.45, 7) is 2.13. The molecule has 1 aromatic carbocycles. The van der Waals surface area contributed by atoms with Crippen LogP contribution in [0, 0.1) is 28.6 Å². The SMILES string of the molecule is CCC1C(C(=O)Nc2cc3cc(C4(C#N)CC45CC5)ccc3cn2)C1c1cnn(C)c1. The zero-order chi connectivity index (χ0) is 21.4. The van der Waals surface area contributed by atoms with E-state index in [9.17, 15) is 10.1 Å². The average molecular weight is 412 g/mol. The summed E-state index contributed by atoms with van der Waals surface area (Å²) in [4.78, 5) is 17.5. The van der Waals surface area contributed by atoms with Gasteiger partial charge in [0.25, 0.3) is 0 Å². The Balaban J connectivity index is 1.24. The van der Waals surface area contributed by atoms with Crippen LogP contribution in [0.5, 0.6) is 0 Å². The predicted octanol–water partition coefficient (Wildman–Crippen LogP) is 4.29. The summed E-state index contributed by atoms with van der Waals surface area (Å²) in [5.74, 6) is 1.13. The average Bonchev–Trinajstić information content (AvgIpc) is 3.72. The minimum absolute atomic E-state index is 0.0244. The number of rotatable bonds is 5. The van der Waals surface area contributed by atoms with E-state index in [0.717, 1.165) is 47.6 Å². The summed E-state index contributed by atoms with van der Waals surface area (Å²) < 4.78 is 1.79. The maximum atomic E-state index is 13.0. The smallest absolute Gasteiger partial charge is 0.229 e. The van der Waals surface area contributed by atoms with Crippen LogP contribution in [0.2, 0.25) is 0 Å². The molecule has 156 valence electrons.